The van der Waals surface area contributed by atoms with E-state index in [-0.39, 0.29) is 23.3 Å². The number of rotatable bonds is 9. The smallest absolute Gasteiger partial charge is 0.296 e. The maximum absolute atomic E-state index is 13.2. The molecule has 1 unspecified atom stereocenters. The van der Waals surface area contributed by atoms with Crippen molar-refractivity contribution in [3.8, 4) is 0 Å². The van der Waals surface area contributed by atoms with E-state index in [0.29, 0.717) is 22.6 Å². The van der Waals surface area contributed by atoms with Crippen LogP contribution in [0.4, 0.5) is 11.4 Å². The molecule has 8 heteroatoms. The molecule has 0 bridgehead atoms. The van der Waals surface area contributed by atoms with Gasteiger partial charge in [0.05, 0.1) is 22.9 Å². The third kappa shape index (κ3) is 5.90. The zero-order valence-corrected chi connectivity index (χ0v) is 21.7. The number of fused-ring (bicyclic) bond motifs is 1. The molecule has 3 aromatic carbocycles. The van der Waals surface area contributed by atoms with Gasteiger partial charge in [-0.1, -0.05) is 56.3 Å². The van der Waals surface area contributed by atoms with Crippen molar-refractivity contribution in [1.29, 1.82) is 0 Å². The number of amides is 1. The molecule has 7 nitrogen and oxygen atoms in total. The first-order chi connectivity index (χ1) is 17.1. The Hall–Kier alpha value is -3.33. The summed E-state index contributed by atoms with van der Waals surface area (Å²) in [6.07, 6.45) is 0. The van der Waals surface area contributed by atoms with Gasteiger partial charge in [-0.05, 0) is 67.0 Å². The first-order valence-corrected chi connectivity index (χ1v) is 13.3. The van der Waals surface area contributed by atoms with Crippen LogP contribution in [0.25, 0.3) is 0 Å². The summed E-state index contributed by atoms with van der Waals surface area (Å²) in [5, 5.41) is 2.88. The highest BCUT2D eigenvalue weighted by atomic mass is 32.2. The molecule has 0 saturated carbocycles. The normalized spacial score (nSPS) is 15.9. The van der Waals surface area contributed by atoms with Gasteiger partial charge in [0.15, 0.2) is 0 Å². The molecule has 36 heavy (non-hydrogen) atoms. The van der Waals surface area contributed by atoms with Gasteiger partial charge in [-0.2, -0.15) is 8.42 Å². The SMILES string of the molecule is CC(C)COS(=O)(=O)c1ccc2c(c1)C(C(=Nc1ccc(CN(C)C)cc1)c1ccccc1)C(=O)N2. The summed E-state index contributed by atoms with van der Waals surface area (Å²) in [5.41, 5.74) is 4.32. The monoisotopic (exact) mass is 505 g/mol. The molecule has 1 aliphatic heterocycles. The van der Waals surface area contributed by atoms with Gasteiger partial charge in [0.25, 0.3) is 10.1 Å². The highest BCUT2D eigenvalue weighted by Gasteiger charge is 2.36. The van der Waals surface area contributed by atoms with Gasteiger partial charge >= 0.3 is 0 Å². The van der Waals surface area contributed by atoms with Crippen molar-refractivity contribution in [2.24, 2.45) is 10.9 Å². The molecular weight excluding hydrogens is 474 g/mol. The second-order valence-electron chi connectivity index (χ2n) is 9.57. The Morgan fingerprint density at radius 2 is 1.72 bits per heavy atom. The molecule has 1 atom stereocenters. The van der Waals surface area contributed by atoms with Crippen LogP contribution in [0.5, 0.6) is 0 Å². The van der Waals surface area contributed by atoms with Gasteiger partial charge in [0.2, 0.25) is 5.91 Å². The predicted molar refractivity (Wildman–Crippen MR) is 142 cm³/mol. The van der Waals surface area contributed by atoms with Gasteiger partial charge in [0.1, 0.15) is 5.92 Å². The van der Waals surface area contributed by atoms with Crippen LogP contribution in [0.2, 0.25) is 0 Å². The van der Waals surface area contributed by atoms with Crippen LogP contribution in [0.15, 0.2) is 82.7 Å². The summed E-state index contributed by atoms with van der Waals surface area (Å²) in [7, 11) is 0.0592. The van der Waals surface area contributed by atoms with Gasteiger partial charge in [0, 0.05) is 12.2 Å². The van der Waals surface area contributed by atoms with E-state index in [2.05, 4.69) is 10.2 Å². The van der Waals surface area contributed by atoms with Crippen LogP contribution in [-0.4, -0.2) is 45.6 Å². The Labute approximate surface area is 213 Å². The molecule has 0 aromatic heterocycles. The second kappa shape index (κ2) is 10.7. The number of nitrogens with zero attached hydrogens (tertiary/aromatic N) is 2. The predicted octanol–water partition coefficient (Wildman–Crippen LogP) is 4.97. The molecule has 188 valence electrons. The van der Waals surface area contributed by atoms with E-state index in [1.807, 2.05) is 82.5 Å². The van der Waals surface area contributed by atoms with Crippen LogP contribution >= 0.6 is 0 Å². The Bertz CT molecular complexity index is 1370. The molecule has 0 saturated heterocycles. The highest BCUT2D eigenvalue weighted by Crippen LogP contribution is 2.38. The van der Waals surface area contributed by atoms with Gasteiger partial charge < -0.3 is 10.2 Å². The number of carbonyl (C=O) groups excluding carboxylic acids is 1. The minimum absolute atomic E-state index is 0.0175. The third-order valence-electron chi connectivity index (χ3n) is 5.73. The Morgan fingerprint density at radius 1 is 1.03 bits per heavy atom. The zero-order valence-electron chi connectivity index (χ0n) is 20.9. The van der Waals surface area contributed by atoms with E-state index in [1.54, 1.807) is 6.07 Å². The molecule has 1 heterocycles. The molecule has 0 aliphatic carbocycles. The molecular formula is C28H31N3O4S. The summed E-state index contributed by atoms with van der Waals surface area (Å²) in [6, 6.07) is 21.9. The van der Waals surface area contributed by atoms with E-state index >= 15 is 0 Å². The molecule has 4 rings (SSSR count). The number of aliphatic imine (C=N–C) groups is 1. The molecule has 0 fully saturated rings. The van der Waals surface area contributed by atoms with Crippen molar-refractivity contribution in [3.05, 3.63) is 89.5 Å². The summed E-state index contributed by atoms with van der Waals surface area (Å²) in [5.74, 6) is -0.968. The first-order valence-electron chi connectivity index (χ1n) is 11.9. The Morgan fingerprint density at radius 3 is 2.36 bits per heavy atom. The van der Waals surface area contributed by atoms with E-state index < -0.39 is 16.0 Å². The third-order valence-corrected chi connectivity index (χ3v) is 7.00. The van der Waals surface area contributed by atoms with Gasteiger partial charge in [-0.15, -0.1) is 0 Å². The van der Waals surface area contributed by atoms with Crippen LogP contribution in [0.3, 0.4) is 0 Å². The number of anilines is 1. The van der Waals surface area contributed by atoms with Crippen LogP contribution in [0, 0.1) is 5.92 Å². The van der Waals surface area contributed by atoms with E-state index in [1.165, 1.54) is 12.1 Å². The molecule has 1 N–H and O–H groups in total. The lowest BCUT2D eigenvalue weighted by Crippen LogP contribution is -2.22. The largest absolute Gasteiger partial charge is 0.325 e. The first kappa shape index (κ1) is 25.8. The lowest BCUT2D eigenvalue weighted by atomic mass is 9.90. The van der Waals surface area contributed by atoms with E-state index in [9.17, 15) is 13.2 Å². The molecule has 1 amide bonds. The van der Waals surface area contributed by atoms with E-state index in [4.69, 9.17) is 9.18 Å². The van der Waals surface area contributed by atoms with Gasteiger partial charge in [-0.3, -0.25) is 14.0 Å². The fraction of sp³-hybridized carbons (Fsp3) is 0.286. The Kier molecular flexibility index (Phi) is 7.68. The number of carbonyl (C=O) groups is 1. The van der Waals surface area contributed by atoms with Crippen molar-refractivity contribution in [3.63, 3.8) is 0 Å². The minimum atomic E-state index is -3.96. The molecule has 3 aromatic rings. The summed E-state index contributed by atoms with van der Waals surface area (Å²) < 4.78 is 30.8. The quantitative estimate of drug-likeness (QED) is 0.328. The number of nitrogens with one attached hydrogen (secondary N) is 1. The van der Waals surface area contributed by atoms with Crippen molar-refractivity contribution in [1.82, 2.24) is 4.90 Å². The standard InChI is InChI=1S/C28H31N3O4S/c1-19(2)18-35-36(33,34)23-14-15-25-24(16-23)26(28(32)30-25)27(21-8-6-5-7-9-21)29-22-12-10-20(11-13-22)17-31(3)4/h5-16,19,26H,17-18H2,1-4H3,(H,30,32). The average molecular weight is 506 g/mol. The summed E-state index contributed by atoms with van der Waals surface area (Å²) in [6.45, 7) is 4.66. The van der Waals surface area contributed by atoms with Crippen LogP contribution in [0.1, 0.15) is 36.5 Å². The summed E-state index contributed by atoms with van der Waals surface area (Å²) in [4.78, 5) is 20.2. The van der Waals surface area contributed by atoms with Crippen LogP contribution in [-0.2, 0) is 25.6 Å². The molecule has 0 radical (unpaired) electrons. The number of benzene rings is 3. The number of hydrogen-bond acceptors (Lipinski definition) is 6. The van der Waals surface area contributed by atoms with Crippen LogP contribution < -0.4 is 5.32 Å². The fourth-order valence-electron chi connectivity index (χ4n) is 4.05. The molecule has 0 spiro atoms. The van der Waals surface area contributed by atoms with Gasteiger partial charge in [-0.25, -0.2) is 0 Å². The Balaban J connectivity index is 1.77. The van der Waals surface area contributed by atoms with Crippen molar-refractivity contribution in [2.75, 3.05) is 26.0 Å². The summed E-state index contributed by atoms with van der Waals surface area (Å²) >= 11 is 0. The zero-order chi connectivity index (χ0) is 25.9. The molecule has 1 aliphatic rings. The van der Waals surface area contributed by atoms with Crippen molar-refractivity contribution < 1.29 is 17.4 Å². The van der Waals surface area contributed by atoms with E-state index in [0.717, 1.165) is 17.7 Å². The maximum atomic E-state index is 13.2. The highest BCUT2D eigenvalue weighted by molar-refractivity contribution is 7.86. The number of hydrogen-bond donors (Lipinski definition) is 1. The second-order valence-corrected chi connectivity index (χ2v) is 11.2. The fourth-order valence-corrected chi connectivity index (χ4v) is 5.14. The maximum Gasteiger partial charge on any atom is 0.296 e. The lowest BCUT2D eigenvalue weighted by molar-refractivity contribution is -0.115. The topological polar surface area (TPSA) is 88.1 Å². The lowest BCUT2D eigenvalue weighted by Gasteiger charge is -2.15. The van der Waals surface area contributed by atoms with Crippen molar-refractivity contribution >= 4 is 33.1 Å². The van der Waals surface area contributed by atoms with Crippen molar-refractivity contribution in [2.45, 2.75) is 31.2 Å². The average Bonchev–Trinajstić information content (AvgIpc) is 3.17. The minimum Gasteiger partial charge on any atom is -0.325 e.